The molecule has 1 saturated heterocycles. The Bertz CT molecular complexity index is 1580. The Morgan fingerprint density at radius 2 is 2.00 bits per heavy atom. The van der Waals surface area contributed by atoms with Crippen molar-refractivity contribution in [1.29, 1.82) is 5.26 Å². The molecule has 1 fully saturated rings. The van der Waals surface area contributed by atoms with E-state index in [9.17, 15) is 20.2 Å². The zero-order valence-corrected chi connectivity index (χ0v) is 20.3. The van der Waals surface area contributed by atoms with Crippen molar-refractivity contribution >= 4 is 34.0 Å². The van der Waals surface area contributed by atoms with Crippen LogP contribution in [0.1, 0.15) is 34.3 Å². The highest BCUT2D eigenvalue weighted by molar-refractivity contribution is 6.05. The lowest BCUT2D eigenvalue weighted by Crippen LogP contribution is -2.20. The maximum atomic E-state index is 13.2. The van der Waals surface area contributed by atoms with Crippen molar-refractivity contribution < 1.29 is 14.5 Å². The normalized spacial score (nSPS) is 12.9. The van der Waals surface area contributed by atoms with Gasteiger partial charge in [-0.2, -0.15) is 15.0 Å². The van der Waals surface area contributed by atoms with Gasteiger partial charge in [-0.15, -0.1) is 0 Å². The number of nitro groups is 1. The first-order valence-electron chi connectivity index (χ1n) is 11.7. The van der Waals surface area contributed by atoms with Crippen LogP contribution in [0.15, 0.2) is 48.7 Å². The molecule has 2 aromatic carbocycles. The number of anilines is 2. The van der Waals surface area contributed by atoms with Crippen molar-refractivity contribution in [3.63, 3.8) is 0 Å². The SMILES string of the molecule is COc1cccc2c(C)cc(-n3ncc(C#N)c3NC(=O)c3ccc(N4CCCC4)c([N+](=O)[O-])c3)nc12. The Morgan fingerprint density at radius 1 is 1.22 bits per heavy atom. The monoisotopic (exact) mass is 497 g/mol. The van der Waals surface area contributed by atoms with Crippen LogP contribution < -0.4 is 15.0 Å². The molecular formula is C26H23N7O4. The molecule has 3 heterocycles. The van der Waals surface area contributed by atoms with E-state index in [1.165, 1.54) is 16.9 Å². The zero-order valence-electron chi connectivity index (χ0n) is 20.3. The van der Waals surface area contributed by atoms with Gasteiger partial charge in [0.2, 0.25) is 0 Å². The van der Waals surface area contributed by atoms with Crippen LogP contribution in [-0.2, 0) is 0 Å². The Labute approximate surface area is 212 Å². The third kappa shape index (κ3) is 4.29. The van der Waals surface area contributed by atoms with E-state index in [0.717, 1.165) is 36.9 Å². The van der Waals surface area contributed by atoms with E-state index in [4.69, 9.17) is 4.74 Å². The fourth-order valence-corrected chi connectivity index (χ4v) is 4.59. The summed E-state index contributed by atoms with van der Waals surface area (Å²) in [6.07, 6.45) is 3.26. The minimum absolute atomic E-state index is 0.0932. The molecule has 0 radical (unpaired) electrons. The van der Waals surface area contributed by atoms with Gasteiger partial charge in [0.25, 0.3) is 11.6 Å². The number of nitriles is 1. The lowest BCUT2D eigenvalue weighted by atomic mass is 10.1. The maximum absolute atomic E-state index is 13.2. The fourth-order valence-electron chi connectivity index (χ4n) is 4.59. The Morgan fingerprint density at radius 3 is 2.70 bits per heavy atom. The van der Waals surface area contributed by atoms with Crippen LogP contribution in [0.3, 0.4) is 0 Å². The summed E-state index contributed by atoms with van der Waals surface area (Å²) in [4.78, 5) is 31.1. The predicted molar refractivity (Wildman–Crippen MR) is 137 cm³/mol. The first kappa shape index (κ1) is 23.7. The second-order valence-electron chi connectivity index (χ2n) is 8.69. The smallest absolute Gasteiger partial charge is 0.293 e. The van der Waals surface area contributed by atoms with Crippen LogP contribution in [0.2, 0.25) is 0 Å². The van der Waals surface area contributed by atoms with Crippen molar-refractivity contribution in [3.8, 4) is 17.6 Å². The molecule has 37 heavy (non-hydrogen) atoms. The fraction of sp³-hybridized carbons (Fsp3) is 0.231. The van der Waals surface area contributed by atoms with Gasteiger partial charge >= 0.3 is 0 Å². The number of carbonyl (C=O) groups is 1. The van der Waals surface area contributed by atoms with E-state index < -0.39 is 10.8 Å². The van der Waals surface area contributed by atoms with E-state index >= 15 is 0 Å². The summed E-state index contributed by atoms with van der Waals surface area (Å²) in [5.41, 5.74) is 2.08. The molecule has 186 valence electrons. The van der Waals surface area contributed by atoms with Gasteiger partial charge in [-0.1, -0.05) is 12.1 Å². The molecule has 2 aromatic heterocycles. The van der Waals surface area contributed by atoms with Gasteiger partial charge in [-0.3, -0.25) is 14.9 Å². The van der Waals surface area contributed by atoms with Crippen LogP contribution in [0, 0.1) is 28.4 Å². The number of rotatable bonds is 6. The molecule has 0 unspecified atom stereocenters. The molecule has 0 spiro atoms. The molecule has 11 nitrogen and oxygen atoms in total. The van der Waals surface area contributed by atoms with Crippen molar-refractivity contribution in [2.24, 2.45) is 0 Å². The van der Waals surface area contributed by atoms with E-state index in [1.54, 1.807) is 31.4 Å². The van der Waals surface area contributed by atoms with Crippen LogP contribution in [0.5, 0.6) is 5.75 Å². The highest BCUT2D eigenvalue weighted by Gasteiger charge is 2.25. The molecule has 5 rings (SSSR count). The van der Waals surface area contributed by atoms with Gasteiger partial charge in [0.15, 0.2) is 11.6 Å². The third-order valence-corrected chi connectivity index (χ3v) is 6.44. The Balaban J connectivity index is 1.53. The van der Waals surface area contributed by atoms with Crippen LogP contribution in [-0.4, -0.2) is 45.8 Å². The largest absolute Gasteiger partial charge is 0.494 e. The number of benzene rings is 2. The molecule has 1 amide bonds. The van der Waals surface area contributed by atoms with Crippen molar-refractivity contribution in [2.75, 3.05) is 30.4 Å². The lowest BCUT2D eigenvalue weighted by molar-refractivity contribution is -0.384. The Hall–Kier alpha value is -4.98. The molecule has 4 aromatic rings. The zero-order chi connectivity index (χ0) is 26.1. The van der Waals surface area contributed by atoms with Gasteiger partial charge in [0, 0.05) is 30.1 Å². The molecule has 1 aliphatic rings. The van der Waals surface area contributed by atoms with Crippen molar-refractivity contribution in [3.05, 3.63) is 75.5 Å². The van der Waals surface area contributed by atoms with E-state index in [0.29, 0.717) is 22.8 Å². The number of hydrogen-bond acceptors (Lipinski definition) is 8. The highest BCUT2D eigenvalue weighted by atomic mass is 16.6. The number of fused-ring (bicyclic) bond motifs is 1. The Kier molecular flexibility index (Phi) is 6.15. The van der Waals surface area contributed by atoms with Crippen molar-refractivity contribution in [1.82, 2.24) is 14.8 Å². The number of amides is 1. The second kappa shape index (κ2) is 9.58. The number of nitro benzene ring substituents is 1. The maximum Gasteiger partial charge on any atom is 0.293 e. The number of nitrogens with zero attached hydrogens (tertiary/aromatic N) is 6. The summed E-state index contributed by atoms with van der Waals surface area (Å²) in [6, 6.07) is 13.8. The van der Waals surface area contributed by atoms with Gasteiger partial charge in [0.1, 0.15) is 28.6 Å². The number of methoxy groups -OCH3 is 1. The van der Waals surface area contributed by atoms with Gasteiger partial charge in [-0.05, 0) is 49.6 Å². The van der Waals surface area contributed by atoms with Gasteiger partial charge in [0.05, 0.1) is 18.2 Å². The number of ether oxygens (including phenoxy) is 1. The molecular weight excluding hydrogens is 474 g/mol. The molecule has 1 N–H and O–H groups in total. The summed E-state index contributed by atoms with van der Waals surface area (Å²) in [6.45, 7) is 3.39. The average molecular weight is 498 g/mol. The standard InChI is InChI=1S/C26H23N7O4/c1-16-12-23(29-24-19(16)6-5-7-22(24)37-2)32-25(18(14-27)15-28-32)30-26(34)17-8-9-20(21(13-17)33(35)36)31-10-3-4-11-31/h5-9,12-13,15H,3-4,10-11H2,1-2H3,(H,30,34). The number of nitrogens with one attached hydrogen (secondary N) is 1. The predicted octanol–water partition coefficient (Wildman–Crippen LogP) is 4.37. The third-order valence-electron chi connectivity index (χ3n) is 6.44. The number of aromatic nitrogens is 3. The summed E-state index contributed by atoms with van der Waals surface area (Å²) in [7, 11) is 1.56. The summed E-state index contributed by atoms with van der Waals surface area (Å²) < 4.78 is 6.82. The van der Waals surface area contributed by atoms with E-state index in [2.05, 4.69) is 15.4 Å². The summed E-state index contributed by atoms with van der Waals surface area (Å²) >= 11 is 0. The van der Waals surface area contributed by atoms with E-state index in [1.807, 2.05) is 30.0 Å². The second-order valence-corrected chi connectivity index (χ2v) is 8.69. The van der Waals surface area contributed by atoms with Crippen LogP contribution >= 0.6 is 0 Å². The van der Waals surface area contributed by atoms with Crippen LogP contribution in [0.4, 0.5) is 17.2 Å². The summed E-state index contributed by atoms with van der Waals surface area (Å²) in [5.74, 6) is 0.456. The summed E-state index contributed by atoms with van der Waals surface area (Å²) in [5, 5.41) is 29.3. The molecule has 0 bridgehead atoms. The quantitative estimate of drug-likeness (QED) is 0.306. The number of carbonyl (C=O) groups excluding carboxylic acids is 1. The minimum atomic E-state index is -0.607. The molecule has 0 atom stereocenters. The van der Waals surface area contributed by atoms with Crippen molar-refractivity contribution in [2.45, 2.75) is 19.8 Å². The number of para-hydroxylation sites is 1. The van der Waals surface area contributed by atoms with Gasteiger partial charge < -0.3 is 15.0 Å². The first-order chi connectivity index (χ1) is 17.9. The number of pyridine rings is 1. The highest BCUT2D eigenvalue weighted by Crippen LogP contribution is 2.33. The van der Waals surface area contributed by atoms with Crippen LogP contribution in [0.25, 0.3) is 16.7 Å². The van der Waals surface area contributed by atoms with E-state index in [-0.39, 0.29) is 22.6 Å². The van der Waals surface area contributed by atoms with Gasteiger partial charge in [-0.25, -0.2) is 4.98 Å². The minimum Gasteiger partial charge on any atom is -0.494 e. The number of hydrogen-bond donors (Lipinski definition) is 1. The molecule has 0 aliphatic carbocycles. The molecule has 11 heteroatoms. The molecule has 1 aliphatic heterocycles. The first-order valence-corrected chi connectivity index (χ1v) is 11.7. The average Bonchev–Trinajstić information content (AvgIpc) is 3.58. The lowest BCUT2D eigenvalue weighted by Gasteiger charge is -2.18. The number of aryl methyl sites for hydroxylation is 1. The molecule has 0 saturated carbocycles. The topological polar surface area (TPSA) is 139 Å².